The molecular weight excluding hydrogens is 551 g/mol. The molecule has 4 aromatic rings. The van der Waals surface area contributed by atoms with E-state index in [1.807, 2.05) is 13.0 Å². The second kappa shape index (κ2) is 10.9. The van der Waals surface area contributed by atoms with Gasteiger partial charge in [-0.3, -0.25) is 14.9 Å². The number of sulfone groups is 1. The highest BCUT2D eigenvalue weighted by molar-refractivity contribution is 7.92. The molecule has 0 saturated carbocycles. The summed E-state index contributed by atoms with van der Waals surface area (Å²) < 4.78 is 69.2. The first kappa shape index (κ1) is 27.6. The van der Waals surface area contributed by atoms with Gasteiger partial charge in [0.1, 0.15) is 0 Å². The predicted molar refractivity (Wildman–Crippen MR) is 138 cm³/mol. The number of likely N-dealkylation sites (tertiary alicyclic amines) is 1. The first-order valence-corrected chi connectivity index (χ1v) is 14.0. The van der Waals surface area contributed by atoms with Crippen LogP contribution in [0.4, 0.5) is 19.0 Å². The van der Waals surface area contributed by atoms with Crippen LogP contribution >= 0.6 is 0 Å². The van der Waals surface area contributed by atoms with E-state index in [-0.39, 0.29) is 17.3 Å². The number of rotatable bonds is 9. The van der Waals surface area contributed by atoms with Crippen molar-refractivity contribution >= 4 is 15.7 Å². The highest BCUT2D eigenvalue weighted by atomic mass is 32.2. The summed E-state index contributed by atoms with van der Waals surface area (Å²) in [5.41, 5.74) is -3.27. The van der Waals surface area contributed by atoms with Crippen molar-refractivity contribution in [2.45, 2.75) is 36.7 Å². The standard InChI is InChI=1S/C25H26F3N7O4S/c1-17-14-21(24-30-23(32-39-24)19-5-7-20(8-6-19)40(37,38)25(26,27)28)31-34(17)15-18-4-9-22(35(36)16-18)29-10-13-33-11-2-3-12-33/h4-9,14,16,29H,2-3,10-13,15H2,1H3. The molecule has 5 rings (SSSR count). The van der Waals surface area contributed by atoms with Crippen LogP contribution in [0.25, 0.3) is 23.0 Å². The summed E-state index contributed by atoms with van der Waals surface area (Å²) in [5.74, 6) is 0.599. The fourth-order valence-electron chi connectivity index (χ4n) is 4.41. The molecule has 0 aliphatic carbocycles. The van der Waals surface area contributed by atoms with Crippen molar-refractivity contribution in [3.05, 3.63) is 65.1 Å². The van der Waals surface area contributed by atoms with Gasteiger partial charge in [-0.05, 0) is 69.3 Å². The molecule has 0 radical (unpaired) electrons. The van der Waals surface area contributed by atoms with Crippen LogP contribution < -0.4 is 10.0 Å². The van der Waals surface area contributed by atoms with Crippen LogP contribution in [0.15, 0.2) is 58.1 Å². The zero-order valence-corrected chi connectivity index (χ0v) is 22.2. The molecule has 212 valence electrons. The van der Waals surface area contributed by atoms with Gasteiger partial charge in [-0.1, -0.05) is 5.16 Å². The molecule has 0 spiro atoms. The lowest BCUT2D eigenvalue weighted by molar-refractivity contribution is -0.590. The summed E-state index contributed by atoms with van der Waals surface area (Å²) in [4.78, 5) is 5.73. The average molecular weight is 578 g/mol. The van der Waals surface area contributed by atoms with Gasteiger partial charge < -0.3 is 9.73 Å². The topological polar surface area (TPSA) is 133 Å². The minimum absolute atomic E-state index is 0.0541. The number of hydrogen-bond acceptors (Lipinski definition) is 9. The van der Waals surface area contributed by atoms with E-state index < -0.39 is 20.2 Å². The Kier molecular flexibility index (Phi) is 7.51. The zero-order chi connectivity index (χ0) is 28.5. The van der Waals surface area contributed by atoms with Crippen LogP contribution in [-0.4, -0.2) is 64.9 Å². The molecule has 0 amide bonds. The zero-order valence-electron chi connectivity index (χ0n) is 21.4. The number of aromatic nitrogens is 5. The highest BCUT2D eigenvalue weighted by Gasteiger charge is 2.46. The van der Waals surface area contributed by atoms with Crippen molar-refractivity contribution in [3.63, 3.8) is 0 Å². The number of hydrogen-bond donors (Lipinski definition) is 1. The number of nitrogens with zero attached hydrogens (tertiary/aromatic N) is 6. The maximum atomic E-state index is 12.8. The van der Waals surface area contributed by atoms with Crippen LogP contribution in [0.2, 0.25) is 0 Å². The quantitative estimate of drug-likeness (QED) is 0.235. The third kappa shape index (κ3) is 5.79. The average Bonchev–Trinajstić information content (AvgIpc) is 3.67. The van der Waals surface area contributed by atoms with E-state index >= 15 is 0 Å². The summed E-state index contributed by atoms with van der Waals surface area (Å²) in [6.45, 7) is 5.91. The van der Waals surface area contributed by atoms with Crippen molar-refractivity contribution in [1.29, 1.82) is 0 Å². The first-order chi connectivity index (χ1) is 19.0. The number of halogens is 3. The molecule has 1 fully saturated rings. The molecule has 1 aliphatic heterocycles. The number of aryl methyl sites for hydroxylation is 1. The van der Waals surface area contributed by atoms with Crippen molar-refractivity contribution < 1.29 is 30.8 Å². The SMILES string of the molecule is Cc1cc(-c2nc(-c3ccc(S(=O)(=O)C(F)(F)F)cc3)no2)nn1Cc1ccc(NCCN2CCCC2)[n+]([O-])c1. The lowest BCUT2D eigenvalue weighted by Gasteiger charge is -2.15. The van der Waals surface area contributed by atoms with E-state index in [1.54, 1.807) is 16.8 Å². The summed E-state index contributed by atoms with van der Waals surface area (Å²) in [7, 11) is -5.46. The summed E-state index contributed by atoms with van der Waals surface area (Å²) in [5, 5.41) is 24.0. The lowest BCUT2D eigenvalue weighted by atomic mass is 10.2. The van der Waals surface area contributed by atoms with E-state index in [4.69, 9.17) is 4.52 Å². The second-order valence-electron chi connectivity index (χ2n) is 9.45. The fourth-order valence-corrected chi connectivity index (χ4v) is 5.17. The van der Waals surface area contributed by atoms with E-state index in [0.29, 0.717) is 24.6 Å². The van der Waals surface area contributed by atoms with Crippen LogP contribution in [-0.2, 0) is 16.4 Å². The van der Waals surface area contributed by atoms with E-state index in [2.05, 4.69) is 25.5 Å². The molecule has 1 N–H and O–H groups in total. The molecule has 0 unspecified atom stereocenters. The van der Waals surface area contributed by atoms with Gasteiger partial charge in [0, 0.05) is 29.4 Å². The first-order valence-electron chi connectivity index (χ1n) is 12.5. The van der Waals surface area contributed by atoms with Gasteiger partial charge in [-0.2, -0.15) is 23.3 Å². The van der Waals surface area contributed by atoms with E-state index in [1.165, 1.54) is 31.2 Å². The van der Waals surface area contributed by atoms with Crippen molar-refractivity contribution in [1.82, 2.24) is 24.8 Å². The minimum Gasteiger partial charge on any atom is -0.711 e. The van der Waals surface area contributed by atoms with Crippen LogP contribution in [0.3, 0.4) is 0 Å². The summed E-state index contributed by atoms with van der Waals surface area (Å²) in [6, 6.07) is 9.31. The Morgan fingerprint density at radius 3 is 2.52 bits per heavy atom. The van der Waals surface area contributed by atoms with Crippen LogP contribution in [0, 0.1) is 12.1 Å². The maximum absolute atomic E-state index is 12.8. The number of alkyl halides is 3. The molecule has 1 aromatic carbocycles. The largest absolute Gasteiger partial charge is 0.711 e. The van der Waals surface area contributed by atoms with Crippen LogP contribution in [0.1, 0.15) is 24.1 Å². The van der Waals surface area contributed by atoms with Crippen LogP contribution in [0.5, 0.6) is 0 Å². The Hall–Kier alpha value is -3.98. The van der Waals surface area contributed by atoms with Gasteiger partial charge in [-0.25, -0.2) is 13.1 Å². The lowest BCUT2D eigenvalue weighted by Crippen LogP contribution is -2.34. The number of benzene rings is 1. The molecule has 4 heterocycles. The highest BCUT2D eigenvalue weighted by Crippen LogP contribution is 2.31. The van der Waals surface area contributed by atoms with Gasteiger partial charge in [-0.15, -0.1) is 0 Å². The maximum Gasteiger partial charge on any atom is 0.501 e. The summed E-state index contributed by atoms with van der Waals surface area (Å²) >= 11 is 0. The molecule has 40 heavy (non-hydrogen) atoms. The number of anilines is 1. The number of pyridine rings is 1. The number of nitrogens with one attached hydrogen (secondary N) is 1. The Morgan fingerprint density at radius 2 is 1.85 bits per heavy atom. The second-order valence-corrected chi connectivity index (χ2v) is 11.4. The molecule has 0 bridgehead atoms. The normalized spacial score (nSPS) is 14.6. The fraction of sp³-hybridized carbons (Fsp3) is 0.360. The Labute approximate surface area is 227 Å². The Bertz CT molecular complexity index is 1600. The Balaban J connectivity index is 1.25. The van der Waals surface area contributed by atoms with Crippen molar-refractivity contribution in [2.24, 2.45) is 0 Å². The third-order valence-corrected chi connectivity index (χ3v) is 8.10. The van der Waals surface area contributed by atoms with Gasteiger partial charge in [0.05, 0.1) is 24.2 Å². The van der Waals surface area contributed by atoms with E-state index in [0.717, 1.165) is 47.8 Å². The molecule has 1 aliphatic rings. The van der Waals surface area contributed by atoms with Crippen molar-refractivity contribution in [3.8, 4) is 23.0 Å². The predicted octanol–water partition coefficient (Wildman–Crippen LogP) is 3.39. The smallest absolute Gasteiger partial charge is 0.501 e. The Morgan fingerprint density at radius 1 is 1.12 bits per heavy atom. The molecule has 1 saturated heterocycles. The third-order valence-electron chi connectivity index (χ3n) is 6.59. The summed E-state index contributed by atoms with van der Waals surface area (Å²) in [6.07, 6.45) is 3.93. The molecule has 15 heteroatoms. The molecule has 11 nitrogen and oxygen atoms in total. The monoisotopic (exact) mass is 577 g/mol. The van der Waals surface area contributed by atoms with Gasteiger partial charge >= 0.3 is 5.51 Å². The molecule has 0 atom stereocenters. The minimum atomic E-state index is -5.46. The molecular formula is C25H26F3N7O4S. The molecule has 3 aromatic heterocycles. The van der Waals surface area contributed by atoms with Gasteiger partial charge in [0.2, 0.25) is 5.82 Å². The van der Waals surface area contributed by atoms with Gasteiger partial charge in [0.25, 0.3) is 21.5 Å². The van der Waals surface area contributed by atoms with Gasteiger partial charge in [0.15, 0.2) is 5.69 Å². The van der Waals surface area contributed by atoms with Crippen molar-refractivity contribution in [2.75, 3.05) is 31.5 Å². The van der Waals surface area contributed by atoms with E-state index in [9.17, 15) is 26.8 Å².